The normalized spacial score (nSPS) is 10.3. The van der Waals surface area contributed by atoms with Crippen molar-refractivity contribution in [1.29, 1.82) is 0 Å². The molecule has 0 atom stereocenters. The van der Waals surface area contributed by atoms with Gasteiger partial charge in [-0.15, -0.1) is 0 Å². The zero-order chi connectivity index (χ0) is 16.7. The van der Waals surface area contributed by atoms with E-state index in [2.05, 4.69) is 10.6 Å². The molecule has 122 valence electrons. The Balaban J connectivity index is 1.63. The Morgan fingerprint density at radius 2 is 2.04 bits per heavy atom. The third kappa shape index (κ3) is 5.49. The van der Waals surface area contributed by atoms with E-state index in [1.165, 1.54) is 17.4 Å². The zero-order valence-corrected chi connectivity index (χ0v) is 13.7. The molecule has 0 unspecified atom stereocenters. The number of hydrogen-bond donors (Lipinski definition) is 2. The van der Waals surface area contributed by atoms with Crippen LogP contribution in [-0.4, -0.2) is 18.4 Å². The van der Waals surface area contributed by atoms with E-state index < -0.39 is 0 Å². The van der Waals surface area contributed by atoms with Crippen molar-refractivity contribution in [3.63, 3.8) is 0 Å². The van der Waals surface area contributed by atoms with Gasteiger partial charge in [0.2, 0.25) is 5.91 Å². The van der Waals surface area contributed by atoms with Gasteiger partial charge in [0.1, 0.15) is 5.82 Å². The molecule has 0 spiro atoms. The zero-order valence-electron chi connectivity index (χ0n) is 12.9. The summed E-state index contributed by atoms with van der Waals surface area (Å²) in [4.78, 5) is 23.4. The van der Waals surface area contributed by atoms with Crippen molar-refractivity contribution in [3.05, 3.63) is 57.5 Å². The molecule has 2 rings (SSSR count). The summed E-state index contributed by atoms with van der Waals surface area (Å²) in [7, 11) is 0. The molecule has 2 amide bonds. The van der Waals surface area contributed by atoms with Gasteiger partial charge in [-0.05, 0) is 42.0 Å². The Morgan fingerprint density at radius 3 is 2.74 bits per heavy atom. The van der Waals surface area contributed by atoms with E-state index >= 15 is 0 Å². The largest absolute Gasteiger partial charge is 0.352 e. The molecule has 2 aromatic rings. The molecule has 0 radical (unpaired) electrons. The molecule has 0 saturated heterocycles. The fraction of sp³-hybridized carbons (Fsp3) is 0.294. The van der Waals surface area contributed by atoms with Crippen LogP contribution < -0.4 is 10.6 Å². The van der Waals surface area contributed by atoms with Crippen LogP contribution in [0.25, 0.3) is 0 Å². The van der Waals surface area contributed by atoms with Gasteiger partial charge < -0.3 is 10.6 Å². The van der Waals surface area contributed by atoms with Gasteiger partial charge in [-0.2, -0.15) is 11.3 Å². The van der Waals surface area contributed by atoms with E-state index in [1.54, 1.807) is 30.5 Å². The van der Waals surface area contributed by atoms with E-state index in [0.29, 0.717) is 37.1 Å². The number of amides is 2. The lowest BCUT2D eigenvalue weighted by Crippen LogP contribution is -2.27. The fourth-order valence-corrected chi connectivity index (χ4v) is 2.62. The van der Waals surface area contributed by atoms with E-state index in [-0.39, 0.29) is 17.6 Å². The lowest BCUT2D eigenvalue weighted by atomic mass is 10.1. The molecule has 1 heterocycles. The predicted octanol–water partition coefficient (Wildman–Crippen LogP) is 3.02. The lowest BCUT2D eigenvalue weighted by molar-refractivity contribution is -0.121. The Hall–Kier alpha value is -2.21. The van der Waals surface area contributed by atoms with Crippen molar-refractivity contribution in [1.82, 2.24) is 10.6 Å². The monoisotopic (exact) mass is 334 g/mol. The molecule has 0 aliphatic heterocycles. The molecular weight excluding hydrogens is 315 g/mol. The van der Waals surface area contributed by atoms with Crippen molar-refractivity contribution < 1.29 is 14.0 Å². The van der Waals surface area contributed by atoms with Gasteiger partial charge in [0, 0.05) is 30.5 Å². The summed E-state index contributed by atoms with van der Waals surface area (Å²) in [6.07, 6.45) is 0.877. The molecule has 0 aliphatic carbocycles. The third-order valence-electron chi connectivity index (χ3n) is 3.38. The van der Waals surface area contributed by atoms with Crippen LogP contribution in [0.4, 0.5) is 4.39 Å². The number of thiophene rings is 1. The van der Waals surface area contributed by atoms with Gasteiger partial charge in [0.05, 0.1) is 0 Å². The Bertz CT molecular complexity index is 671. The number of halogens is 1. The SMILES string of the molecule is Cc1ccc(CNC(=O)CCCNC(=O)c2ccsc2)cc1F. The number of hydrogen-bond acceptors (Lipinski definition) is 3. The summed E-state index contributed by atoms with van der Waals surface area (Å²) >= 11 is 1.47. The summed E-state index contributed by atoms with van der Waals surface area (Å²) in [6, 6.07) is 6.67. The van der Waals surface area contributed by atoms with E-state index in [0.717, 1.165) is 5.56 Å². The maximum Gasteiger partial charge on any atom is 0.252 e. The van der Waals surface area contributed by atoms with Gasteiger partial charge in [0.25, 0.3) is 5.91 Å². The van der Waals surface area contributed by atoms with Crippen molar-refractivity contribution in [2.45, 2.75) is 26.3 Å². The summed E-state index contributed by atoms with van der Waals surface area (Å²) in [5, 5.41) is 9.13. The highest BCUT2D eigenvalue weighted by atomic mass is 32.1. The number of nitrogens with one attached hydrogen (secondary N) is 2. The highest BCUT2D eigenvalue weighted by Crippen LogP contribution is 2.09. The first-order valence-electron chi connectivity index (χ1n) is 7.38. The summed E-state index contributed by atoms with van der Waals surface area (Å²) in [5.41, 5.74) is 1.95. The van der Waals surface area contributed by atoms with Gasteiger partial charge in [-0.25, -0.2) is 4.39 Å². The Kier molecular flexibility index (Phi) is 6.29. The molecule has 1 aromatic heterocycles. The summed E-state index contributed by atoms with van der Waals surface area (Å²) in [5.74, 6) is -0.509. The highest BCUT2D eigenvalue weighted by Gasteiger charge is 2.06. The number of carbonyl (C=O) groups is 2. The van der Waals surface area contributed by atoms with Crippen LogP contribution in [-0.2, 0) is 11.3 Å². The molecule has 6 heteroatoms. The number of rotatable bonds is 7. The van der Waals surface area contributed by atoms with Gasteiger partial charge in [0.15, 0.2) is 0 Å². The Labute approximate surface area is 138 Å². The van der Waals surface area contributed by atoms with Crippen LogP contribution in [0.1, 0.15) is 34.3 Å². The molecule has 1 aromatic carbocycles. The quantitative estimate of drug-likeness (QED) is 0.765. The lowest BCUT2D eigenvalue weighted by Gasteiger charge is -2.07. The summed E-state index contributed by atoms with van der Waals surface area (Å²) in [6.45, 7) is 2.45. The van der Waals surface area contributed by atoms with Gasteiger partial charge in [-0.3, -0.25) is 9.59 Å². The molecule has 0 aliphatic rings. The molecule has 0 fully saturated rings. The molecule has 0 saturated carbocycles. The average Bonchev–Trinajstić information content (AvgIpc) is 3.07. The first kappa shape index (κ1) is 17.1. The minimum atomic E-state index is -0.270. The molecular formula is C17H19FN2O2S. The van der Waals surface area contributed by atoms with Crippen LogP contribution in [0.5, 0.6) is 0 Å². The van der Waals surface area contributed by atoms with Crippen LogP contribution in [0, 0.1) is 12.7 Å². The first-order chi connectivity index (χ1) is 11.1. The van der Waals surface area contributed by atoms with Gasteiger partial charge in [-0.1, -0.05) is 12.1 Å². The highest BCUT2D eigenvalue weighted by molar-refractivity contribution is 7.08. The predicted molar refractivity (Wildman–Crippen MR) is 88.9 cm³/mol. The molecule has 4 nitrogen and oxygen atoms in total. The number of benzene rings is 1. The number of aryl methyl sites for hydroxylation is 1. The van der Waals surface area contributed by atoms with Crippen LogP contribution in [0.3, 0.4) is 0 Å². The topological polar surface area (TPSA) is 58.2 Å². The molecule has 23 heavy (non-hydrogen) atoms. The van der Waals surface area contributed by atoms with Crippen LogP contribution in [0.2, 0.25) is 0 Å². The van der Waals surface area contributed by atoms with Crippen molar-refractivity contribution in [2.24, 2.45) is 0 Å². The minimum Gasteiger partial charge on any atom is -0.352 e. The second-order valence-corrected chi connectivity index (χ2v) is 6.01. The summed E-state index contributed by atoms with van der Waals surface area (Å²) < 4.78 is 13.4. The van der Waals surface area contributed by atoms with Crippen LogP contribution in [0.15, 0.2) is 35.0 Å². The van der Waals surface area contributed by atoms with Crippen LogP contribution >= 0.6 is 11.3 Å². The number of carbonyl (C=O) groups excluding carboxylic acids is 2. The maximum atomic E-state index is 13.4. The van der Waals surface area contributed by atoms with E-state index in [4.69, 9.17) is 0 Å². The second-order valence-electron chi connectivity index (χ2n) is 5.23. The smallest absolute Gasteiger partial charge is 0.252 e. The van der Waals surface area contributed by atoms with E-state index in [9.17, 15) is 14.0 Å². The van der Waals surface area contributed by atoms with E-state index in [1.807, 2.05) is 5.38 Å². The van der Waals surface area contributed by atoms with Crippen molar-refractivity contribution in [2.75, 3.05) is 6.54 Å². The average molecular weight is 334 g/mol. The minimum absolute atomic E-state index is 0.115. The molecule has 2 N–H and O–H groups in total. The fourth-order valence-electron chi connectivity index (χ4n) is 1.98. The molecule has 0 bridgehead atoms. The second kappa shape index (κ2) is 8.43. The maximum absolute atomic E-state index is 13.4. The standard InChI is InChI=1S/C17H19FN2O2S/c1-12-4-5-13(9-15(12)18)10-20-16(21)3-2-7-19-17(22)14-6-8-23-11-14/h4-6,8-9,11H,2-3,7,10H2,1H3,(H,19,22)(H,20,21). The van der Waals surface area contributed by atoms with Gasteiger partial charge >= 0.3 is 0 Å². The Morgan fingerprint density at radius 1 is 1.22 bits per heavy atom. The first-order valence-corrected chi connectivity index (χ1v) is 8.32. The van der Waals surface area contributed by atoms with Crippen molar-refractivity contribution >= 4 is 23.2 Å². The van der Waals surface area contributed by atoms with Crippen molar-refractivity contribution in [3.8, 4) is 0 Å². The third-order valence-corrected chi connectivity index (χ3v) is 4.06.